The fourth-order valence-corrected chi connectivity index (χ4v) is 3.52. The number of nitrogens with one attached hydrogen (secondary N) is 2. The number of amides is 2. The number of benzene rings is 1. The minimum absolute atomic E-state index is 0.0982. The van der Waals surface area contributed by atoms with Gasteiger partial charge in [-0.05, 0) is 45.1 Å². The molecule has 138 valence electrons. The standard InChI is InChI=1S/C20H26N4O2/c1-3-24(4-2)20(26)17(14-10-6-5-7-11-14)21-19(25)18-15-12-8-9-13-16(15)22-23-18/h5-7,10-11,17H,3-4,8-9,12-13H2,1-2H3,(H,21,25)(H,22,23). The van der Waals surface area contributed by atoms with E-state index >= 15 is 0 Å². The average molecular weight is 354 g/mol. The molecule has 1 unspecified atom stereocenters. The summed E-state index contributed by atoms with van der Waals surface area (Å²) in [6.45, 7) is 5.09. The Hall–Kier alpha value is -2.63. The van der Waals surface area contributed by atoms with E-state index in [0.29, 0.717) is 18.8 Å². The molecule has 1 heterocycles. The number of aromatic nitrogens is 2. The topological polar surface area (TPSA) is 78.1 Å². The van der Waals surface area contributed by atoms with E-state index in [2.05, 4.69) is 15.5 Å². The molecule has 1 atom stereocenters. The predicted octanol–water partition coefficient (Wildman–Crippen LogP) is 2.63. The van der Waals surface area contributed by atoms with Crippen LogP contribution in [0.3, 0.4) is 0 Å². The molecule has 3 rings (SSSR count). The van der Waals surface area contributed by atoms with Gasteiger partial charge < -0.3 is 10.2 Å². The highest BCUT2D eigenvalue weighted by molar-refractivity contribution is 5.97. The molecule has 1 aromatic heterocycles. The van der Waals surface area contributed by atoms with Crippen molar-refractivity contribution in [2.24, 2.45) is 0 Å². The minimum Gasteiger partial charge on any atom is -0.341 e. The lowest BCUT2D eigenvalue weighted by Gasteiger charge is -2.26. The van der Waals surface area contributed by atoms with Gasteiger partial charge in [-0.3, -0.25) is 14.7 Å². The molecule has 2 N–H and O–H groups in total. The van der Waals surface area contributed by atoms with Crippen LogP contribution in [0.15, 0.2) is 30.3 Å². The number of aryl methyl sites for hydroxylation is 1. The van der Waals surface area contributed by atoms with Gasteiger partial charge in [-0.15, -0.1) is 0 Å². The van der Waals surface area contributed by atoms with Crippen LogP contribution in [-0.4, -0.2) is 40.0 Å². The number of carbonyl (C=O) groups is 2. The van der Waals surface area contributed by atoms with E-state index in [9.17, 15) is 9.59 Å². The SMILES string of the molecule is CCN(CC)C(=O)C(NC(=O)c1n[nH]c2c1CCCC2)c1ccccc1. The quantitative estimate of drug-likeness (QED) is 0.837. The summed E-state index contributed by atoms with van der Waals surface area (Å²) in [5.41, 5.74) is 3.25. The second-order valence-corrected chi connectivity index (χ2v) is 6.56. The Morgan fingerprint density at radius 1 is 1.15 bits per heavy atom. The van der Waals surface area contributed by atoms with Crippen molar-refractivity contribution < 1.29 is 9.59 Å². The first-order valence-electron chi connectivity index (χ1n) is 9.36. The molecular formula is C20H26N4O2. The minimum atomic E-state index is -0.709. The first-order valence-corrected chi connectivity index (χ1v) is 9.36. The smallest absolute Gasteiger partial charge is 0.272 e. The van der Waals surface area contributed by atoms with E-state index in [4.69, 9.17) is 0 Å². The maximum absolute atomic E-state index is 13.0. The third-order valence-corrected chi connectivity index (χ3v) is 5.00. The molecule has 6 heteroatoms. The van der Waals surface area contributed by atoms with Crippen molar-refractivity contribution in [3.63, 3.8) is 0 Å². The number of hydrogen-bond acceptors (Lipinski definition) is 3. The van der Waals surface area contributed by atoms with Crippen molar-refractivity contribution in [1.29, 1.82) is 0 Å². The number of aromatic amines is 1. The Morgan fingerprint density at radius 3 is 2.54 bits per heavy atom. The van der Waals surface area contributed by atoms with Gasteiger partial charge in [0.25, 0.3) is 5.91 Å². The molecule has 26 heavy (non-hydrogen) atoms. The molecule has 2 aromatic rings. The fourth-order valence-electron chi connectivity index (χ4n) is 3.52. The maximum Gasteiger partial charge on any atom is 0.272 e. The van der Waals surface area contributed by atoms with Gasteiger partial charge in [0.1, 0.15) is 6.04 Å². The molecule has 6 nitrogen and oxygen atoms in total. The largest absolute Gasteiger partial charge is 0.341 e. The molecular weight excluding hydrogens is 328 g/mol. The van der Waals surface area contributed by atoms with Crippen LogP contribution in [-0.2, 0) is 17.6 Å². The monoisotopic (exact) mass is 354 g/mol. The first kappa shape index (κ1) is 18.2. The maximum atomic E-state index is 13.0. The zero-order valence-electron chi connectivity index (χ0n) is 15.4. The molecule has 1 aliphatic carbocycles. The number of H-pyrrole nitrogens is 1. The molecule has 1 aliphatic rings. The van der Waals surface area contributed by atoms with Gasteiger partial charge >= 0.3 is 0 Å². The van der Waals surface area contributed by atoms with Gasteiger partial charge in [-0.1, -0.05) is 30.3 Å². The lowest BCUT2D eigenvalue weighted by atomic mass is 9.95. The van der Waals surface area contributed by atoms with Crippen LogP contribution >= 0.6 is 0 Å². The van der Waals surface area contributed by atoms with Crippen LogP contribution in [0.4, 0.5) is 0 Å². The normalized spacial score (nSPS) is 14.4. The van der Waals surface area contributed by atoms with Crippen molar-refractivity contribution in [3.05, 3.63) is 52.8 Å². The average Bonchev–Trinajstić information content (AvgIpc) is 3.11. The summed E-state index contributed by atoms with van der Waals surface area (Å²) >= 11 is 0. The summed E-state index contributed by atoms with van der Waals surface area (Å²) in [7, 11) is 0. The Morgan fingerprint density at radius 2 is 1.85 bits per heavy atom. The van der Waals surface area contributed by atoms with Gasteiger partial charge in [-0.25, -0.2) is 0 Å². The first-order chi connectivity index (χ1) is 12.7. The van der Waals surface area contributed by atoms with Crippen molar-refractivity contribution in [2.45, 2.75) is 45.6 Å². The van der Waals surface area contributed by atoms with Crippen LogP contribution in [0.25, 0.3) is 0 Å². The van der Waals surface area contributed by atoms with Crippen LogP contribution in [0, 0.1) is 0 Å². The molecule has 0 bridgehead atoms. The molecule has 2 amide bonds. The second-order valence-electron chi connectivity index (χ2n) is 6.56. The number of hydrogen-bond donors (Lipinski definition) is 2. The van der Waals surface area contributed by atoms with E-state index in [1.807, 2.05) is 44.2 Å². The molecule has 0 saturated heterocycles. The van der Waals surface area contributed by atoms with Gasteiger partial charge in [-0.2, -0.15) is 5.10 Å². The lowest BCUT2D eigenvalue weighted by molar-refractivity contribution is -0.133. The van der Waals surface area contributed by atoms with Crippen LogP contribution in [0.1, 0.15) is 60.0 Å². The molecule has 0 radical (unpaired) electrons. The Kier molecular flexibility index (Phi) is 5.71. The fraction of sp³-hybridized carbons (Fsp3) is 0.450. The van der Waals surface area contributed by atoms with E-state index in [0.717, 1.165) is 42.5 Å². The third kappa shape index (κ3) is 3.64. The number of nitrogens with zero attached hydrogens (tertiary/aromatic N) is 2. The molecule has 0 fully saturated rings. The van der Waals surface area contributed by atoms with Gasteiger partial charge in [0.05, 0.1) is 0 Å². The highest BCUT2D eigenvalue weighted by Gasteiger charge is 2.29. The zero-order valence-corrected chi connectivity index (χ0v) is 15.4. The summed E-state index contributed by atoms with van der Waals surface area (Å²) in [5.74, 6) is -0.391. The van der Waals surface area contributed by atoms with Gasteiger partial charge in [0.15, 0.2) is 5.69 Å². The highest BCUT2D eigenvalue weighted by Crippen LogP contribution is 2.23. The number of likely N-dealkylation sites (N-methyl/N-ethyl adjacent to an activating group) is 1. The van der Waals surface area contributed by atoms with Gasteiger partial charge in [0, 0.05) is 24.3 Å². The molecule has 1 aromatic carbocycles. The summed E-state index contributed by atoms with van der Waals surface area (Å²) in [5, 5.41) is 10.1. The lowest BCUT2D eigenvalue weighted by Crippen LogP contribution is -2.43. The Labute approximate surface area is 154 Å². The highest BCUT2D eigenvalue weighted by atomic mass is 16.2. The summed E-state index contributed by atoms with van der Waals surface area (Å²) in [6, 6.07) is 8.67. The number of carbonyl (C=O) groups excluding carboxylic acids is 2. The van der Waals surface area contributed by atoms with Crippen LogP contribution in [0.5, 0.6) is 0 Å². The van der Waals surface area contributed by atoms with Gasteiger partial charge in [0.2, 0.25) is 5.91 Å². The van der Waals surface area contributed by atoms with E-state index in [1.165, 1.54) is 0 Å². The zero-order chi connectivity index (χ0) is 18.5. The number of rotatable bonds is 6. The second kappa shape index (κ2) is 8.17. The van der Waals surface area contributed by atoms with Crippen LogP contribution < -0.4 is 5.32 Å². The van der Waals surface area contributed by atoms with Crippen molar-refractivity contribution >= 4 is 11.8 Å². The summed E-state index contributed by atoms with van der Waals surface area (Å²) < 4.78 is 0. The molecule has 0 spiro atoms. The van der Waals surface area contributed by atoms with E-state index < -0.39 is 6.04 Å². The van der Waals surface area contributed by atoms with Crippen LogP contribution in [0.2, 0.25) is 0 Å². The van der Waals surface area contributed by atoms with E-state index in [-0.39, 0.29) is 11.8 Å². The summed E-state index contributed by atoms with van der Waals surface area (Å²) in [4.78, 5) is 27.6. The van der Waals surface area contributed by atoms with Crippen molar-refractivity contribution in [3.8, 4) is 0 Å². The van der Waals surface area contributed by atoms with Crippen molar-refractivity contribution in [1.82, 2.24) is 20.4 Å². The van der Waals surface area contributed by atoms with E-state index in [1.54, 1.807) is 4.90 Å². The Bertz CT molecular complexity index is 765. The molecule has 0 aliphatic heterocycles. The summed E-state index contributed by atoms with van der Waals surface area (Å²) in [6.07, 6.45) is 3.96. The molecule has 0 saturated carbocycles. The third-order valence-electron chi connectivity index (χ3n) is 5.00. The Balaban J connectivity index is 1.87. The van der Waals surface area contributed by atoms with Crippen molar-refractivity contribution in [2.75, 3.05) is 13.1 Å². The predicted molar refractivity (Wildman–Crippen MR) is 99.8 cm³/mol. The number of fused-ring (bicyclic) bond motifs is 1.